The fourth-order valence-corrected chi connectivity index (χ4v) is 0.662. The van der Waals surface area contributed by atoms with Crippen molar-refractivity contribution < 1.29 is 9.53 Å². The summed E-state index contributed by atoms with van der Waals surface area (Å²) in [6.07, 6.45) is 1.38. The summed E-state index contributed by atoms with van der Waals surface area (Å²) in [5, 5.41) is 2.96. The maximum Gasteiger partial charge on any atom is 0.332 e. The summed E-state index contributed by atoms with van der Waals surface area (Å²) in [4.78, 5) is 10.7. The lowest BCUT2D eigenvalue weighted by atomic mass is 10.4. The largest absolute Gasteiger partial charge is 0.466 e. The molecule has 0 saturated heterocycles. The number of carbonyl (C=O) groups excluding carboxylic acids is 1. The number of allylic oxidation sites excluding steroid dienone is 1. The van der Waals surface area contributed by atoms with Gasteiger partial charge in [-0.05, 0) is 6.92 Å². The minimum absolute atomic E-state index is 0.361. The van der Waals surface area contributed by atoms with Gasteiger partial charge in [-0.3, -0.25) is 0 Å². The van der Waals surface area contributed by atoms with Crippen molar-refractivity contribution in [2.24, 2.45) is 0 Å². The highest BCUT2D eigenvalue weighted by Gasteiger charge is 1.95. The van der Waals surface area contributed by atoms with Crippen molar-refractivity contribution in [3.05, 3.63) is 22.8 Å². The van der Waals surface area contributed by atoms with Crippen LogP contribution in [0, 0.1) is 0 Å². The first-order chi connectivity index (χ1) is 5.56. The summed E-state index contributed by atoms with van der Waals surface area (Å²) in [6.45, 7) is 6.02. The fraction of sp³-hybridized carbons (Fsp3) is 0.375. The van der Waals surface area contributed by atoms with E-state index in [2.05, 4.69) is 32.6 Å². The van der Waals surface area contributed by atoms with E-state index < -0.39 is 0 Å². The summed E-state index contributed by atoms with van der Waals surface area (Å²) in [5.41, 5.74) is 0.752. The smallest absolute Gasteiger partial charge is 0.332 e. The van der Waals surface area contributed by atoms with Gasteiger partial charge in [-0.1, -0.05) is 22.5 Å². The molecule has 0 rings (SSSR count). The average molecular weight is 234 g/mol. The normalized spacial score (nSPS) is 10.8. The molecule has 0 aromatic rings. The Kier molecular flexibility index (Phi) is 5.45. The molecule has 1 N–H and O–H groups in total. The van der Waals surface area contributed by atoms with Gasteiger partial charge in [0.15, 0.2) is 0 Å². The second-order valence-electron chi connectivity index (χ2n) is 2.22. The Labute approximate surface area is 80.6 Å². The molecule has 12 heavy (non-hydrogen) atoms. The molecule has 0 saturated carbocycles. The van der Waals surface area contributed by atoms with Crippen LogP contribution in [0.15, 0.2) is 22.8 Å². The monoisotopic (exact) mass is 233 g/mol. The van der Waals surface area contributed by atoms with E-state index in [1.807, 2.05) is 0 Å². The molecule has 0 aliphatic heterocycles. The van der Waals surface area contributed by atoms with Crippen LogP contribution in [0.3, 0.4) is 0 Å². The predicted octanol–water partition coefficient (Wildman–Crippen LogP) is 1.56. The van der Waals surface area contributed by atoms with Gasteiger partial charge in [0.2, 0.25) is 0 Å². The summed E-state index contributed by atoms with van der Waals surface area (Å²) in [6, 6.07) is 0. The molecule has 4 heteroatoms. The van der Waals surface area contributed by atoms with Crippen LogP contribution in [0.5, 0.6) is 0 Å². The van der Waals surface area contributed by atoms with Crippen LogP contribution >= 0.6 is 15.9 Å². The molecule has 0 aromatic heterocycles. The van der Waals surface area contributed by atoms with Gasteiger partial charge in [0.05, 0.1) is 7.11 Å². The average Bonchev–Trinajstić information content (AvgIpc) is 2.00. The van der Waals surface area contributed by atoms with Gasteiger partial charge in [0, 0.05) is 22.8 Å². The number of ether oxygens (including phenoxy) is 1. The minimum atomic E-state index is -0.361. The van der Waals surface area contributed by atoms with Crippen molar-refractivity contribution in [2.75, 3.05) is 13.7 Å². The van der Waals surface area contributed by atoms with E-state index in [9.17, 15) is 4.79 Å². The molecule has 0 atom stereocenters. The third-order valence-electron chi connectivity index (χ3n) is 1.09. The zero-order valence-corrected chi connectivity index (χ0v) is 8.77. The Balaban J connectivity index is 3.85. The van der Waals surface area contributed by atoms with Crippen LogP contribution in [0.1, 0.15) is 6.92 Å². The number of hydrogen-bond donors (Lipinski definition) is 1. The standard InChI is InChI=1S/C8H12BrNO2/c1-6(9)5-10-7(2)4-8(11)12-3/h4,10H,1,5H2,2-3H3/b7-4+. The van der Waals surface area contributed by atoms with E-state index in [4.69, 9.17) is 0 Å². The molecule has 0 bridgehead atoms. The molecule has 0 amide bonds. The molecule has 0 heterocycles. The van der Waals surface area contributed by atoms with Gasteiger partial charge < -0.3 is 10.1 Å². The van der Waals surface area contributed by atoms with E-state index >= 15 is 0 Å². The van der Waals surface area contributed by atoms with E-state index in [-0.39, 0.29) is 5.97 Å². The van der Waals surface area contributed by atoms with E-state index in [0.717, 1.165) is 10.2 Å². The number of nitrogens with one attached hydrogen (secondary N) is 1. The van der Waals surface area contributed by atoms with Crippen LogP contribution < -0.4 is 5.32 Å². The van der Waals surface area contributed by atoms with Gasteiger partial charge in [-0.2, -0.15) is 0 Å². The van der Waals surface area contributed by atoms with E-state index in [1.165, 1.54) is 13.2 Å². The highest BCUT2D eigenvalue weighted by molar-refractivity contribution is 9.11. The van der Waals surface area contributed by atoms with Gasteiger partial charge in [-0.25, -0.2) is 4.79 Å². The highest BCUT2D eigenvalue weighted by Crippen LogP contribution is 1.98. The van der Waals surface area contributed by atoms with E-state index in [0.29, 0.717) is 6.54 Å². The van der Waals surface area contributed by atoms with Gasteiger partial charge in [-0.15, -0.1) is 0 Å². The van der Waals surface area contributed by atoms with Gasteiger partial charge >= 0.3 is 5.97 Å². The Morgan fingerprint density at radius 2 is 2.33 bits per heavy atom. The molecule has 68 valence electrons. The predicted molar refractivity (Wildman–Crippen MR) is 51.8 cm³/mol. The molecule has 0 radical (unpaired) electrons. The molecule has 0 aliphatic carbocycles. The molecule has 0 fully saturated rings. The number of rotatable bonds is 4. The molecule has 0 aliphatic rings. The summed E-state index contributed by atoms with van der Waals surface area (Å²) in [5.74, 6) is -0.361. The van der Waals surface area contributed by atoms with Gasteiger partial charge in [0.1, 0.15) is 0 Å². The zero-order valence-electron chi connectivity index (χ0n) is 7.19. The number of halogens is 1. The Bertz CT molecular complexity index is 211. The first-order valence-corrected chi connectivity index (χ1v) is 4.19. The lowest BCUT2D eigenvalue weighted by molar-refractivity contribution is -0.134. The van der Waals surface area contributed by atoms with Crippen LogP contribution in [-0.2, 0) is 9.53 Å². The molecule has 3 nitrogen and oxygen atoms in total. The Morgan fingerprint density at radius 3 is 2.75 bits per heavy atom. The Morgan fingerprint density at radius 1 is 1.75 bits per heavy atom. The molecule has 0 aromatic carbocycles. The van der Waals surface area contributed by atoms with Crippen molar-refractivity contribution in [3.8, 4) is 0 Å². The van der Waals surface area contributed by atoms with Crippen LogP contribution in [0.2, 0.25) is 0 Å². The quantitative estimate of drug-likeness (QED) is 0.592. The lowest BCUT2D eigenvalue weighted by Crippen LogP contribution is -2.13. The molecule has 0 unspecified atom stereocenters. The van der Waals surface area contributed by atoms with Crippen molar-refractivity contribution in [1.29, 1.82) is 0 Å². The first-order valence-electron chi connectivity index (χ1n) is 3.39. The third kappa shape index (κ3) is 5.97. The van der Waals surface area contributed by atoms with Crippen molar-refractivity contribution in [3.63, 3.8) is 0 Å². The van der Waals surface area contributed by atoms with Crippen LogP contribution in [-0.4, -0.2) is 19.6 Å². The highest BCUT2D eigenvalue weighted by atomic mass is 79.9. The molecular weight excluding hydrogens is 222 g/mol. The number of hydrogen-bond acceptors (Lipinski definition) is 3. The lowest BCUT2D eigenvalue weighted by Gasteiger charge is -2.03. The van der Waals surface area contributed by atoms with Crippen molar-refractivity contribution in [1.82, 2.24) is 5.32 Å². The summed E-state index contributed by atoms with van der Waals surface area (Å²) >= 11 is 3.19. The SMILES string of the molecule is C=C(Br)CN/C(C)=C/C(=O)OC. The molecular formula is C8H12BrNO2. The van der Waals surface area contributed by atoms with Crippen molar-refractivity contribution in [2.45, 2.75) is 6.92 Å². The first kappa shape index (κ1) is 11.2. The maximum absolute atomic E-state index is 10.7. The topological polar surface area (TPSA) is 38.3 Å². The number of methoxy groups -OCH3 is 1. The summed E-state index contributed by atoms with van der Waals surface area (Å²) in [7, 11) is 1.34. The van der Waals surface area contributed by atoms with E-state index in [1.54, 1.807) is 6.92 Å². The third-order valence-corrected chi connectivity index (χ3v) is 1.37. The second kappa shape index (κ2) is 5.83. The maximum atomic E-state index is 10.7. The summed E-state index contributed by atoms with van der Waals surface area (Å²) < 4.78 is 5.27. The Hall–Kier alpha value is -0.770. The van der Waals surface area contributed by atoms with Crippen molar-refractivity contribution >= 4 is 21.9 Å². The van der Waals surface area contributed by atoms with Crippen LogP contribution in [0.4, 0.5) is 0 Å². The van der Waals surface area contributed by atoms with Gasteiger partial charge in [0.25, 0.3) is 0 Å². The number of esters is 1. The fourth-order valence-electron chi connectivity index (χ4n) is 0.522. The number of carbonyl (C=O) groups is 1. The molecule has 0 spiro atoms. The van der Waals surface area contributed by atoms with Crippen LogP contribution in [0.25, 0.3) is 0 Å². The zero-order chi connectivity index (χ0) is 9.56. The minimum Gasteiger partial charge on any atom is -0.466 e. The second-order valence-corrected chi connectivity index (χ2v) is 3.34.